The van der Waals surface area contributed by atoms with Gasteiger partial charge in [0.1, 0.15) is 11.6 Å². The van der Waals surface area contributed by atoms with Crippen LogP contribution in [0.25, 0.3) is 0 Å². The molecule has 0 bridgehead atoms. The minimum atomic E-state index is -0.665. The third kappa shape index (κ3) is 6.17. The maximum absolute atomic E-state index is 11.8. The highest BCUT2D eigenvalue weighted by Crippen LogP contribution is 2.06. The lowest BCUT2D eigenvalue weighted by Gasteiger charge is -2.21. The smallest absolute Gasteiger partial charge is 0.408 e. The molecule has 1 aromatic rings. The van der Waals surface area contributed by atoms with E-state index in [4.69, 9.17) is 4.74 Å². The number of aromatic nitrogens is 1. The summed E-state index contributed by atoms with van der Waals surface area (Å²) < 4.78 is 5.08. The summed E-state index contributed by atoms with van der Waals surface area (Å²) in [6.07, 6.45) is 2.73. The third-order valence-electron chi connectivity index (χ3n) is 2.32. The molecule has 0 saturated heterocycles. The lowest BCUT2D eigenvalue weighted by Crippen LogP contribution is -2.46. The highest BCUT2D eigenvalue weighted by molar-refractivity contribution is 5.85. The van der Waals surface area contributed by atoms with E-state index in [-0.39, 0.29) is 5.91 Å². The van der Waals surface area contributed by atoms with Crippen LogP contribution < -0.4 is 10.6 Å². The van der Waals surface area contributed by atoms with E-state index in [1.54, 1.807) is 46.2 Å². The van der Waals surface area contributed by atoms with E-state index < -0.39 is 17.7 Å². The minimum absolute atomic E-state index is 0.278. The summed E-state index contributed by atoms with van der Waals surface area (Å²) in [5.74, 6) is -0.278. The lowest BCUT2D eigenvalue weighted by molar-refractivity contribution is -0.122. The predicted molar refractivity (Wildman–Crippen MR) is 74.9 cm³/mol. The van der Waals surface area contributed by atoms with Crippen molar-refractivity contribution in [1.82, 2.24) is 15.6 Å². The number of carbonyl (C=O) groups excluding carboxylic acids is 2. The normalized spacial score (nSPS) is 12.4. The van der Waals surface area contributed by atoms with Gasteiger partial charge in [-0.3, -0.25) is 9.78 Å². The Kier molecular flexibility index (Phi) is 5.49. The first kappa shape index (κ1) is 15.9. The molecule has 110 valence electrons. The summed E-state index contributed by atoms with van der Waals surface area (Å²) >= 11 is 0. The second-order valence-corrected chi connectivity index (χ2v) is 5.45. The number of pyridine rings is 1. The molecule has 6 heteroatoms. The molecule has 0 aliphatic carbocycles. The van der Waals surface area contributed by atoms with Crippen molar-refractivity contribution in [1.29, 1.82) is 0 Å². The van der Waals surface area contributed by atoms with Crippen molar-refractivity contribution < 1.29 is 14.3 Å². The first-order valence-corrected chi connectivity index (χ1v) is 6.44. The van der Waals surface area contributed by atoms with Crippen molar-refractivity contribution in [2.45, 2.75) is 45.9 Å². The van der Waals surface area contributed by atoms with Gasteiger partial charge in [0, 0.05) is 18.9 Å². The highest BCUT2D eigenvalue weighted by atomic mass is 16.6. The van der Waals surface area contributed by atoms with Gasteiger partial charge in [-0.1, -0.05) is 6.07 Å². The number of nitrogens with one attached hydrogen (secondary N) is 2. The molecular formula is C14H21N3O3. The van der Waals surface area contributed by atoms with Gasteiger partial charge in [-0.2, -0.15) is 0 Å². The first-order valence-electron chi connectivity index (χ1n) is 6.44. The van der Waals surface area contributed by atoms with Crippen molar-refractivity contribution >= 4 is 12.0 Å². The number of alkyl carbamates (subject to hydrolysis) is 1. The number of amides is 2. The molecule has 0 spiro atoms. The predicted octanol–water partition coefficient (Wildman–Crippen LogP) is 1.61. The minimum Gasteiger partial charge on any atom is -0.444 e. The van der Waals surface area contributed by atoms with E-state index >= 15 is 0 Å². The second kappa shape index (κ2) is 6.88. The molecule has 1 aromatic heterocycles. The molecule has 1 rings (SSSR count). The number of hydrogen-bond acceptors (Lipinski definition) is 4. The van der Waals surface area contributed by atoms with Crippen LogP contribution in [0.5, 0.6) is 0 Å². The summed E-state index contributed by atoms with van der Waals surface area (Å²) in [6.45, 7) is 7.26. The molecule has 6 nitrogen and oxygen atoms in total. The summed E-state index contributed by atoms with van der Waals surface area (Å²) in [7, 11) is 0. The number of rotatable bonds is 4. The van der Waals surface area contributed by atoms with Crippen molar-refractivity contribution in [3.05, 3.63) is 30.1 Å². The summed E-state index contributed by atoms with van der Waals surface area (Å²) in [4.78, 5) is 27.3. The van der Waals surface area contributed by atoms with E-state index in [0.29, 0.717) is 6.54 Å². The van der Waals surface area contributed by atoms with E-state index in [0.717, 1.165) is 5.56 Å². The summed E-state index contributed by atoms with van der Waals surface area (Å²) in [5.41, 5.74) is 0.306. The average molecular weight is 279 g/mol. The summed E-state index contributed by atoms with van der Waals surface area (Å²) in [6, 6.07) is 2.99. The van der Waals surface area contributed by atoms with Crippen LogP contribution in [-0.2, 0) is 16.1 Å². The number of ether oxygens (including phenoxy) is 1. The molecule has 0 aliphatic heterocycles. The molecule has 1 heterocycles. The lowest BCUT2D eigenvalue weighted by atomic mass is 10.2. The molecule has 2 amide bonds. The van der Waals surface area contributed by atoms with Crippen molar-refractivity contribution in [2.24, 2.45) is 0 Å². The Morgan fingerprint density at radius 2 is 2.10 bits per heavy atom. The number of nitrogens with zero attached hydrogens (tertiary/aromatic N) is 1. The van der Waals surface area contributed by atoms with E-state index in [1.807, 2.05) is 6.07 Å². The van der Waals surface area contributed by atoms with Gasteiger partial charge in [0.15, 0.2) is 0 Å². The quantitative estimate of drug-likeness (QED) is 0.877. The number of hydrogen-bond donors (Lipinski definition) is 2. The van der Waals surface area contributed by atoms with Crippen molar-refractivity contribution in [3.8, 4) is 0 Å². The molecule has 20 heavy (non-hydrogen) atoms. The van der Waals surface area contributed by atoms with Gasteiger partial charge in [-0.05, 0) is 39.3 Å². The fourth-order valence-electron chi connectivity index (χ4n) is 1.39. The maximum Gasteiger partial charge on any atom is 0.408 e. The zero-order valence-corrected chi connectivity index (χ0v) is 12.3. The topological polar surface area (TPSA) is 80.3 Å². The molecule has 0 aliphatic rings. The Hall–Kier alpha value is -2.11. The molecular weight excluding hydrogens is 258 g/mol. The molecule has 2 N–H and O–H groups in total. The zero-order valence-electron chi connectivity index (χ0n) is 12.3. The highest BCUT2D eigenvalue weighted by Gasteiger charge is 2.20. The molecule has 0 radical (unpaired) electrons. The fourth-order valence-corrected chi connectivity index (χ4v) is 1.39. The van der Waals surface area contributed by atoms with Crippen molar-refractivity contribution in [3.63, 3.8) is 0 Å². The van der Waals surface area contributed by atoms with Crippen LogP contribution in [0, 0.1) is 0 Å². The molecule has 0 aromatic carbocycles. The first-order chi connectivity index (χ1) is 9.28. The summed E-state index contributed by atoms with van der Waals surface area (Å²) in [5, 5.41) is 5.20. The molecule has 1 atom stereocenters. The van der Waals surface area contributed by atoms with Gasteiger partial charge in [-0.25, -0.2) is 4.79 Å². The van der Waals surface area contributed by atoms with Gasteiger partial charge in [0.05, 0.1) is 0 Å². The fraction of sp³-hybridized carbons (Fsp3) is 0.500. The second-order valence-electron chi connectivity index (χ2n) is 5.45. The van der Waals surface area contributed by atoms with Crippen LogP contribution >= 0.6 is 0 Å². The number of carbonyl (C=O) groups is 2. The van der Waals surface area contributed by atoms with Gasteiger partial charge in [0.2, 0.25) is 5.91 Å². The van der Waals surface area contributed by atoms with Crippen LogP contribution in [0.3, 0.4) is 0 Å². The Morgan fingerprint density at radius 3 is 2.65 bits per heavy atom. The van der Waals surface area contributed by atoms with Crippen LogP contribution in [0.4, 0.5) is 4.79 Å². The zero-order chi connectivity index (χ0) is 15.2. The van der Waals surface area contributed by atoms with Crippen LogP contribution in [0.2, 0.25) is 0 Å². The Morgan fingerprint density at radius 1 is 1.40 bits per heavy atom. The Balaban J connectivity index is 2.38. The molecule has 0 saturated carbocycles. The monoisotopic (exact) mass is 279 g/mol. The average Bonchev–Trinajstić information content (AvgIpc) is 2.34. The van der Waals surface area contributed by atoms with Crippen LogP contribution in [0.1, 0.15) is 33.3 Å². The third-order valence-corrected chi connectivity index (χ3v) is 2.32. The Labute approximate surface area is 118 Å². The van der Waals surface area contributed by atoms with E-state index in [2.05, 4.69) is 15.6 Å². The SMILES string of the molecule is CC(NC(=O)OC(C)(C)C)C(=O)NCc1cccnc1. The maximum atomic E-state index is 11.8. The van der Waals surface area contributed by atoms with Crippen LogP contribution in [-0.4, -0.2) is 28.6 Å². The standard InChI is InChI=1S/C14H21N3O3/c1-10(17-13(19)20-14(2,3)4)12(18)16-9-11-6-5-7-15-8-11/h5-8,10H,9H2,1-4H3,(H,16,18)(H,17,19). The van der Waals surface area contributed by atoms with Gasteiger partial charge >= 0.3 is 6.09 Å². The largest absolute Gasteiger partial charge is 0.444 e. The molecule has 0 fully saturated rings. The van der Waals surface area contributed by atoms with Gasteiger partial charge in [-0.15, -0.1) is 0 Å². The Bertz CT molecular complexity index is 454. The van der Waals surface area contributed by atoms with Gasteiger partial charge in [0.25, 0.3) is 0 Å². The van der Waals surface area contributed by atoms with Crippen LogP contribution in [0.15, 0.2) is 24.5 Å². The van der Waals surface area contributed by atoms with Crippen molar-refractivity contribution in [2.75, 3.05) is 0 Å². The molecule has 1 unspecified atom stereocenters. The van der Waals surface area contributed by atoms with E-state index in [1.165, 1.54) is 0 Å². The van der Waals surface area contributed by atoms with Gasteiger partial charge < -0.3 is 15.4 Å². The van der Waals surface area contributed by atoms with E-state index in [9.17, 15) is 9.59 Å².